The quantitative estimate of drug-likeness (QED) is 0.786. The molecule has 0 aliphatic rings. The SMILES string of the molecule is Cc1ccccc1-c1c[nH]c(=O)c(Cl)c1. The Bertz CT molecular complexity index is 545. The molecule has 0 saturated carbocycles. The van der Waals surface area contributed by atoms with Crippen LogP contribution in [0.15, 0.2) is 41.3 Å². The average molecular weight is 220 g/mol. The minimum atomic E-state index is -0.256. The van der Waals surface area contributed by atoms with Crippen LogP contribution in [0.4, 0.5) is 0 Å². The van der Waals surface area contributed by atoms with E-state index in [-0.39, 0.29) is 10.6 Å². The number of aromatic nitrogens is 1. The zero-order valence-electron chi connectivity index (χ0n) is 8.25. The fraction of sp³-hybridized carbons (Fsp3) is 0.0833. The molecule has 3 heteroatoms. The van der Waals surface area contributed by atoms with Crippen molar-refractivity contribution in [3.63, 3.8) is 0 Å². The summed E-state index contributed by atoms with van der Waals surface area (Å²) in [6.45, 7) is 2.02. The van der Waals surface area contributed by atoms with Crippen molar-refractivity contribution in [2.75, 3.05) is 0 Å². The smallest absolute Gasteiger partial charge is 0.266 e. The maximum atomic E-state index is 11.1. The number of benzene rings is 1. The molecule has 2 nitrogen and oxygen atoms in total. The highest BCUT2D eigenvalue weighted by molar-refractivity contribution is 6.30. The van der Waals surface area contributed by atoms with Gasteiger partial charge in [-0.25, -0.2) is 0 Å². The Balaban J connectivity index is 2.60. The van der Waals surface area contributed by atoms with Crippen molar-refractivity contribution in [2.24, 2.45) is 0 Å². The van der Waals surface area contributed by atoms with E-state index in [4.69, 9.17) is 11.6 Å². The third-order valence-electron chi connectivity index (χ3n) is 2.31. The summed E-state index contributed by atoms with van der Waals surface area (Å²) in [6.07, 6.45) is 1.68. The number of aromatic amines is 1. The van der Waals surface area contributed by atoms with E-state index >= 15 is 0 Å². The lowest BCUT2D eigenvalue weighted by Crippen LogP contribution is -2.04. The number of halogens is 1. The number of aryl methyl sites for hydroxylation is 1. The van der Waals surface area contributed by atoms with Gasteiger partial charge in [0, 0.05) is 6.20 Å². The van der Waals surface area contributed by atoms with Crippen molar-refractivity contribution in [2.45, 2.75) is 6.92 Å². The van der Waals surface area contributed by atoms with Crippen molar-refractivity contribution in [1.82, 2.24) is 4.98 Å². The summed E-state index contributed by atoms with van der Waals surface area (Å²) in [6, 6.07) is 9.64. The Morgan fingerprint density at radius 1 is 1.27 bits per heavy atom. The first-order chi connectivity index (χ1) is 7.18. The van der Waals surface area contributed by atoms with Crippen molar-refractivity contribution >= 4 is 11.6 Å². The van der Waals surface area contributed by atoms with Gasteiger partial charge in [-0.15, -0.1) is 0 Å². The third-order valence-corrected chi connectivity index (χ3v) is 2.59. The summed E-state index contributed by atoms with van der Waals surface area (Å²) in [5.74, 6) is 0. The van der Waals surface area contributed by atoms with Gasteiger partial charge in [-0.2, -0.15) is 0 Å². The molecule has 0 unspecified atom stereocenters. The lowest BCUT2D eigenvalue weighted by atomic mass is 10.0. The monoisotopic (exact) mass is 219 g/mol. The summed E-state index contributed by atoms with van der Waals surface area (Å²) < 4.78 is 0. The molecule has 0 bridgehead atoms. The maximum Gasteiger partial charge on any atom is 0.266 e. The van der Waals surface area contributed by atoms with Crippen LogP contribution in [-0.4, -0.2) is 4.98 Å². The van der Waals surface area contributed by atoms with E-state index in [9.17, 15) is 4.79 Å². The summed E-state index contributed by atoms with van der Waals surface area (Å²) >= 11 is 5.77. The Hall–Kier alpha value is -1.54. The van der Waals surface area contributed by atoms with Gasteiger partial charge in [0.25, 0.3) is 5.56 Å². The largest absolute Gasteiger partial charge is 0.327 e. The van der Waals surface area contributed by atoms with Crippen LogP contribution in [0.3, 0.4) is 0 Å². The maximum absolute atomic E-state index is 11.1. The average Bonchev–Trinajstić information content (AvgIpc) is 2.23. The normalized spacial score (nSPS) is 10.3. The van der Waals surface area contributed by atoms with Crippen molar-refractivity contribution in [3.8, 4) is 11.1 Å². The first kappa shape index (κ1) is 9.99. The van der Waals surface area contributed by atoms with Crippen LogP contribution >= 0.6 is 11.6 Å². The molecule has 0 aliphatic carbocycles. The van der Waals surface area contributed by atoms with Crippen LogP contribution in [0.5, 0.6) is 0 Å². The molecule has 1 aromatic heterocycles. The Kier molecular flexibility index (Phi) is 2.60. The van der Waals surface area contributed by atoms with Crippen LogP contribution in [0.2, 0.25) is 5.02 Å². The van der Waals surface area contributed by atoms with Crippen molar-refractivity contribution < 1.29 is 0 Å². The molecular formula is C12H10ClNO. The first-order valence-corrected chi connectivity index (χ1v) is 5.00. The molecular weight excluding hydrogens is 210 g/mol. The van der Waals surface area contributed by atoms with E-state index < -0.39 is 0 Å². The summed E-state index contributed by atoms with van der Waals surface area (Å²) in [5.41, 5.74) is 2.91. The topological polar surface area (TPSA) is 32.9 Å². The zero-order valence-corrected chi connectivity index (χ0v) is 9.01. The molecule has 2 aromatic rings. The molecule has 1 aromatic carbocycles. The van der Waals surface area contributed by atoms with E-state index in [0.29, 0.717) is 0 Å². The van der Waals surface area contributed by atoms with Crippen LogP contribution in [0.25, 0.3) is 11.1 Å². The third kappa shape index (κ3) is 1.95. The van der Waals surface area contributed by atoms with E-state index in [1.54, 1.807) is 12.3 Å². The van der Waals surface area contributed by atoms with Gasteiger partial charge in [-0.05, 0) is 29.7 Å². The molecule has 1 N–H and O–H groups in total. The summed E-state index contributed by atoms with van der Waals surface area (Å²) in [5, 5.41) is 0.218. The summed E-state index contributed by atoms with van der Waals surface area (Å²) in [7, 11) is 0. The second-order valence-corrected chi connectivity index (χ2v) is 3.79. The number of nitrogens with one attached hydrogen (secondary N) is 1. The zero-order chi connectivity index (χ0) is 10.8. The molecule has 15 heavy (non-hydrogen) atoms. The van der Waals surface area contributed by atoms with E-state index in [1.807, 2.05) is 31.2 Å². The lowest BCUT2D eigenvalue weighted by molar-refractivity contribution is 1.24. The fourth-order valence-electron chi connectivity index (χ4n) is 1.51. The van der Waals surface area contributed by atoms with Crippen LogP contribution in [0, 0.1) is 6.92 Å². The molecule has 2 rings (SSSR count). The minimum absolute atomic E-state index is 0.218. The van der Waals surface area contributed by atoms with Crippen molar-refractivity contribution in [1.29, 1.82) is 0 Å². The van der Waals surface area contributed by atoms with E-state index in [2.05, 4.69) is 4.98 Å². The number of hydrogen-bond donors (Lipinski definition) is 1. The second-order valence-electron chi connectivity index (χ2n) is 3.38. The molecule has 0 spiro atoms. The van der Waals surface area contributed by atoms with Gasteiger partial charge < -0.3 is 4.98 Å². The van der Waals surface area contributed by atoms with Gasteiger partial charge in [0.1, 0.15) is 5.02 Å². The van der Waals surface area contributed by atoms with Gasteiger partial charge in [0.15, 0.2) is 0 Å². The van der Waals surface area contributed by atoms with Gasteiger partial charge in [0.05, 0.1) is 0 Å². The molecule has 0 atom stereocenters. The molecule has 0 aliphatic heterocycles. The fourth-order valence-corrected chi connectivity index (χ4v) is 1.68. The van der Waals surface area contributed by atoms with E-state index in [0.717, 1.165) is 16.7 Å². The highest BCUT2D eigenvalue weighted by Gasteiger charge is 2.03. The van der Waals surface area contributed by atoms with Crippen LogP contribution in [0.1, 0.15) is 5.56 Å². The van der Waals surface area contributed by atoms with Gasteiger partial charge in [0.2, 0.25) is 0 Å². The number of pyridine rings is 1. The predicted octanol–water partition coefficient (Wildman–Crippen LogP) is 3.00. The van der Waals surface area contributed by atoms with Crippen LogP contribution < -0.4 is 5.56 Å². The van der Waals surface area contributed by atoms with Crippen LogP contribution in [-0.2, 0) is 0 Å². The molecule has 0 fully saturated rings. The first-order valence-electron chi connectivity index (χ1n) is 4.63. The Labute approximate surface area is 92.5 Å². The van der Waals surface area contributed by atoms with Gasteiger partial charge >= 0.3 is 0 Å². The van der Waals surface area contributed by atoms with Crippen molar-refractivity contribution in [3.05, 3.63) is 57.5 Å². The highest BCUT2D eigenvalue weighted by atomic mass is 35.5. The minimum Gasteiger partial charge on any atom is -0.327 e. The Morgan fingerprint density at radius 2 is 2.00 bits per heavy atom. The number of hydrogen-bond acceptors (Lipinski definition) is 1. The standard InChI is InChI=1S/C12H10ClNO/c1-8-4-2-3-5-10(8)9-6-11(13)12(15)14-7-9/h2-7H,1H3,(H,14,15). The Morgan fingerprint density at radius 3 is 2.67 bits per heavy atom. The predicted molar refractivity (Wildman–Crippen MR) is 62.2 cm³/mol. The molecule has 0 radical (unpaired) electrons. The summed E-state index contributed by atoms with van der Waals surface area (Å²) in [4.78, 5) is 13.7. The highest BCUT2D eigenvalue weighted by Crippen LogP contribution is 2.22. The molecule has 0 saturated heterocycles. The second kappa shape index (κ2) is 3.91. The molecule has 1 heterocycles. The lowest BCUT2D eigenvalue weighted by Gasteiger charge is -2.05. The number of rotatable bonds is 1. The van der Waals surface area contributed by atoms with Gasteiger partial charge in [-0.1, -0.05) is 35.9 Å². The molecule has 0 amide bonds. The molecule has 76 valence electrons. The number of H-pyrrole nitrogens is 1. The van der Waals surface area contributed by atoms with E-state index in [1.165, 1.54) is 0 Å². The van der Waals surface area contributed by atoms with Gasteiger partial charge in [-0.3, -0.25) is 4.79 Å².